The number of carboxylic acids is 1. The second-order valence-corrected chi connectivity index (χ2v) is 9.75. The molecule has 3 aliphatic rings. The molecule has 172 valence electrons. The second kappa shape index (κ2) is 8.45. The van der Waals surface area contributed by atoms with Gasteiger partial charge in [-0.25, -0.2) is 14.5 Å². The van der Waals surface area contributed by atoms with E-state index < -0.39 is 5.97 Å². The van der Waals surface area contributed by atoms with Gasteiger partial charge in [-0.3, -0.25) is 0 Å². The van der Waals surface area contributed by atoms with E-state index in [0.29, 0.717) is 17.6 Å². The van der Waals surface area contributed by atoms with Crippen molar-refractivity contribution in [1.29, 1.82) is 0 Å². The Kier molecular flexibility index (Phi) is 5.29. The number of aromatic carboxylic acids is 1. The van der Waals surface area contributed by atoms with Crippen LogP contribution < -0.4 is 4.90 Å². The molecule has 0 spiro atoms. The Morgan fingerprint density at radius 3 is 2.30 bits per heavy atom. The molecular weight excluding hydrogens is 414 g/mol. The van der Waals surface area contributed by atoms with Crippen LogP contribution in [-0.4, -0.2) is 63.0 Å². The highest BCUT2D eigenvalue weighted by Gasteiger charge is 2.32. The fourth-order valence-electron chi connectivity index (χ4n) is 5.78. The Labute approximate surface area is 194 Å². The molecule has 7 heteroatoms. The highest BCUT2D eigenvalue weighted by atomic mass is 16.4. The minimum Gasteiger partial charge on any atom is -0.477 e. The summed E-state index contributed by atoms with van der Waals surface area (Å²) in [5, 5.41) is 16.0. The van der Waals surface area contributed by atoms with Crippen LogP contribution in [0.5, 0.6) is 0 Å². The largest absolute Gasteiger partial charge is 0.477 e. The zero-order valence-electron chi connectivity index (χ0n) is 19.0. The van der Waals surface area contributed by atoms with Crippen LogP contribution >= 0.6 is 0 Å². The number of piperidine rings is 1. The second-order valence-electron chi connectivity index (χ2n) is 9.75. The van der Waals surface area contributed by atoms with Gasteiger partial charge in [0.05, 0.1) is 22.5 Å². The number of fused-ring (bicyclic) bond motifs is 1. The van der Waals surface area contributed by atoms with Gasteiger partial charge in [-0.05, 0) is 69.8 Å². The van der Waals surface area contributed by atoms with Crippen LogP contribution in [0.2, 0.25) is 0 Å². The normalized spacial score (nSPS) is 20.4. The average molecular weight is 446 g/mol. The molecule has 0 atom stereocenters. The lowest BCUT2D eigenvalue weighted by atomic mass is 9.82. The summed E-state index contributed by atoms with van der Waals surface area (Å²) in [6, 6.07) is 12.4. The predicted octanol–water partition coefficient (Wildman–Crippen LogP) is 4.45. The standard InChI is InChI=1S/C26H31N5O2/c32-26(33)21-17-22(30-15-11-19(12-16-30)29-13-4-5-14-29)23-24(18-7-6-8-18)28-31(25(23)27-21)20-9-2-1-3-10-20/h1-3,9-10,17-19H,4-8,11-16H2,(H,32,33). The molecule has 7 nitrogen and oxygen atoms in total. The molecule has 0 radical (unpaired) electrons. The summed E-state index contributed by atoms with van der Waals surface area (Å²) in [7, 11) is 0. The maximum atomic E-state index is 12.0. The van der Waals surface area contributed by atoms with Crippen molar-refractivity contribution in [2.45, 2.75) is 56.9 Å². The predicted molar refractivity (Wildman–Crippen MR) is 128 cm³/mol. The molecular formula is C26H31N5O2. The summed E-state index contributed by atoms with van der Waals surface area (Å²) in [4.78, 5) is 21.7. The van der Waals surface area contributed by atoms with Gasteiger partial charge in [-0.2, -0.15) is 5.10 Å². The highest BCUT2D eigenvalue weighted by Crippen LogP contribution is 2.43. The van der Waals surface area contributed by atoms with Crippen molar-refractivity contribution in [2.24, 2.45) is 0 Å². The first-order chi connectivity index (χ1) is 16.2. The van der Waals surface area contributed by atoms with E-state index in [2.05, 4.69) is 14.8 Å². The van der Waals surface area contributed by atoms with Crippen molar-refractivity contribution in [3.8, 4) is 5.69 Å². The van der Waals surface area contributed by atoms with Gasteiger partial charge in [-0.1, -0.05) is 24.6 Å². The van der Waals surface area contributed by atoms with E-state index in [9.17, 15) is 9.90 Å². The van der Waals surface area contributed by atoms with Gasteiger partial charge in [-0.15, -0.1) is 0 Å². The molecule has 3 fully saturated rings. The summed E-state index contributed by atoms with van der Waals surface area (Å²) < 4.78 is 1.86. The highest BCUT2D eigenvalue weighted by molar-refractivity contribution is 5.98. The molecule has 2 saturated heterocycles. The Hall–Kier alpha value is -2.93. The van der Waals surface area contributed by atoms with Crippen molar-refractivity contribution >= 4 is 22.7 Å². The lowest BCUT2D eigenvalue weighted by Gasteiger charge is -2.38. The molecule has 33 heavy (non-hydrogen) atoms. The number of nitrogens with zero attached hydrogens (tertiary/aromatic N) is 5. The van der Waals surface area contributed by atoms with Gasteiger partial charge in [0.15, 0.2) is 11.3 Å². The number of benzene rings is 1. The Balaban J connectivity index is 1.45. The molecule has 1 saturated carbocycles. The Morgan fingerprint density at radius 1 is 0.939 bits per heavy atom. The lowest BCUT2D eigenvalue weighted by molar-refractivity contribution is 0.0691. The summed E-state index contributed by atoms with van der Waals surface area (Å²) in [5.74, 6) is -0.563. The molecule has 1 aromatic carbocycles. The first kappa shape index (κ1) is 20.7. The van der Waals surface area contributed by atoms with E-state index in [0.717, 1.165) is 61.2 Å². The van der Waals surface area contributed by atoms with Crippen molar-refractivity contribution in [3.63, 3.8) is 0 Å². The summed E-state index contributed by atoms with van der Waals surface area (Å²) in [5.41, 5.74) is 3.76. The van der Waals surface area contributed by atoms with Gasteiger partial charge in [0.1, 0.15) is 0 Å². The summed E-state index contributed by atoms with van der Waals surface area (Å²) >= 11 is 0. The zero-order chi connectivity index (χ0) is 22.4. The molecule has 3 aromatic rings. The maximum Gasteiger partial charge on any atom is 0.354 e. The first-order valence-electron chi connectivity index (χ1n) is 12.4. The van der Waals surface area contributed by atoms with Gasteiger partial charge < -0.3 is 14.9 Å². The van der Waals surface area contributed by atoms with Gasteiger partial charge in [0.2, 0.25) is 0 Å². The molecule has 0 amide bonds. The number of anilines is 1. The van der Waals surface area contributed by atoms with Gasteiger partial charge >= 0.3 is 5.97 Å². The van der Waals surface area contributed by atoms with Crippen LogP contribution in [0.1, 0.15) is 67.0 Å². The minimum atomic E-state index is -0.990. The summed E-state index contributed by atoms with van der Waals surface area (Å²) in [6.45, 7) is 4.34. The molecule has 0 unspecified atom stereocenters. The van der Waals surface area contributed by atoms with Crippen molar-refractivity contribution in [2.75, 3.05) is 31.1 Å². The molecule has 4 heterocycles. The van der Waals surface area contributed by atoms with Gasteiger partial charge in [0.25, 0.3) is 0 Å². The number of para-hydroxylation sites is 1. The third kappa shape index (κ3) is 3.68. The van der Waals surface area contributed by atoms with E-state index in [-0.39, 0.29) is 5.69 Å². The van der Waals surface area contributed by atoms with E-state index in [4.69, 9.17) is 5.10 Å². The number of hydrogen-bond donors (Lipinski definition) is 1. The topological polar surface area (TPSA) is 74.5 Å². The third-order valence-electron chi connectivity index (χ3n) is 7.82. The molecule has 2 aliphatic heterocycles. The molecule has 6 rings (SSSR count). The fraction of sp³-hybridized carbons (Fsp3) is 0.500. The van der Waals surface area contributed by atoms with Crippen molar-refractivity contribution < 1.29 is 9.90 Å². The summed E-state index contributed by atoms with van der Waals surface area (Å²) in [6.07, 6.45) is 8.38. The number of likely N-dealkylation sites (tertiary alicyclic amines) is 1. The average Bonchev–Trinajstić information content (AvgIpc) is 3.47. The van der Waals surface area contributed by atoms with E-state index in [1.807, 2.05) is 35.0 Å². The number of pyridine rings is 1. The number of rotatable bonds is 5. The van der Waals surface area contributed by atoms with Crippen LogP contribution in [0.3, 0.4) is 0 Å². The Morgan fingerprint density at radius 2 is 1.67 bits per heavy atom. The number of carboxylic acid groups (broad SMARTS) is 1. The van der Waals surface area contributed by atoms with Crippen LogP contribution in [0.4, 0.5) is 5.69 Å². The molecule has 2 aromatic heterocycles. The van der Waals surface area contributed by atoms with Crippen molar-refractivity contribution in [3.05, 3.63) is 47.8 Å². The van der Waals surface area contributed by atoms with E-state index in [1.165, 1.54) is 32.4 Å². The molecule has 0 bridgehead atoms. The number of hydrogen-bond acceptors (Lipinski definition) is 5. The minimum absolute atomic E-state index is 0.0939. The number of aromatic nitrogens is 3. The monoisotopic (exact) mass is 445 g/mol. The van der Waals surface area contributed by atoms with Crippen LogP contribution in [0, 0.1) is 0 Å². The smallest absolute Gasteiger partial charge is 0.354 e. The zero-order valence-corrected chi connectivity index (χ0v) is 19.0. The van der Waals surface area contributed by atoms with Crippen LogP contribution in [0.25, 0.3) is 16.7 Å². The lowest BCUT2D eigenvalue weighted by Crippen LogP contribution is -2.44. The Bertz CT molecular complexity index is 1160. The van der Waals surface area contributed by atoms with E-state index in [1.54, 1.807) is 6.07 Å². The first-order valence-corrected chi connectivity index (χ1v) is 12.4. The fourth-order valence-corrected chi connectivity index (χ4v) is 5.78. The quantitative estimate of drug-likeness (QED) is 0.625. The van der Waals surface area contributed by atoms with Crippen LogP contribution in [-0.2, 0) is 0 Å². The molecule has 1 aliphatic carbocycles. The maximum absolute atomic E-state index is 12.0. The van der Waals surface area contributed by atoms with E-state index >= 15 is 0 Å². The van der Waals surface area contributed by atoms with Crippen molar-refractivity contribution in [1.82, 2.24) is 19.7 Å². The third-order valence-corrected chi connectivity index (χ3v) is 7.82. The van der Waals surface area contributed by atoms with Gasteiger partial charge in [0, 0.05) is 25.0 Å². The van der Waals surface area contributed by atoms with Crippen LogP contribution in [0.15, 0.2) is 36.4 Å². The SMILES string of the molecule is O=C(O)c1cc(N2CCC(N3CCCC3)CC2)c2c(C3CCC3)nn(-c3ccccc3)c2n1. The number of carbonyl (C=O) groups is 1. The molecule has 1 N–H and O–H groups in total.